The van der Waals surface area contributed by atoms with Crippen molar-refractivity contribution in [1.29, 1.82) is 0 Å². The summed E-state index contributed by atoms with van der Waals surface area (Å²) in [5.74, 6) is 0.261. The molecule has 4 N–H and O–H groups in total. The Hall–Kier alpha value is -2.88. The summed E-state index contributed by atoms with van der Waals surface area (Å²) < 4.78 is 1.96. The highest BCUT2D eigenvalue weighted by Gasteiger charge is 2.09. The first-order valence-corrected chi connectivity index (χ1v) is 10.0. The number of hydrogen-bond acceptors (Lipinski definition) is 3. The predicted octanol–water partition coefficient (Wildman–Crippen LogP) is 3.46. The average Bonchev–Trinajstić information content (AvgIpc) is 3.08. The maximum atomic E-state index is 11.4. The van der Waals surface area contributed by atoms with E-state index < -0.39 is 5.91 Å². The second kappa shape index (κ2) is 11.5. The van der Waals surface area contributed by atoms with Crippen molar-refractivity contribution in [3.8, 4) is 5.69 Å². The summed E-state index contributed by atoms with van der Waals surface area (Å²) in [7, 11) is 0. The Bertz CT molecular complexity index is 1060. The van der Waals surface area contributed by atoms with Crippen LogP contribution in [0.25, 0.3) is 5.69 Å². The first-order valence-electron chi connectivity index (χ1n) is 10.0. The summed E-state index contributed by atoms with van der Waals surface area (Å²) in [6, 6.07) is 17.5. The van der Waals surface area contributed by atoms with Gasteiger partial charge in [-0.15, -0.1) is 24.0 Å². The molecule has 1 aromatic heterocycles. The fourth-order valence-corrected chi connectivity index (χ4v) is 3.25. The van der Waals surface area contributed by atoms with Crippen LogP contribution in [0.4, 0.5) is 0 Å². The molecule has 0 aliphatic rings. The van der Waals surface area contributed by atoms with Gasteiger partial charge in [0.05, 0.1) is 17.9 Å². The first-order chi connectivity index (χ1) is 14.5. The molecule has 0 saturated carbocycles. The number of para-hydroxylation sites is 1. The number of rotatable bonds is 7. The molecule has 31 heavy (non-hydrogen) atoms. The fourth-order valence-electron chi connectivity index (χ4n) is 3.25. The van der Waals surface area contributed by atoms with Gasteiger partial charge < -0.3 is 16.4 Å². The van der Waals surface area contributed by atoms with Crippen molar-refractivity contribution in [2.75, 3.05) is 6.54 Å². The molecule has 1 amide bonds. The highest BCUT2D eigenvalue weighted by Crippen LogP contribution is 2.17. The van der Waals surface area contributed by atoms with Gasteiger partial charge in [-0.2, -0.15) is 5.10 Å². The molecule has 0 unspecified atom stereocenters. The van der Waals surface area contributed by atoms with Gasteiger partial charge in [0.2, 0.25) is 5.91 Å². The van der Waals surface area contributed by atoms with Crippen molar-refractivity contribution in [1.82, 2.24) is 20.4 Å². The van der Waals surface area contributed by atoms with Crippen molar-refractivity contribution >= 4 is 35.8 Å². The number of carbonyl (C=O) groups is 1. The Morgan fingerprint density at radius 3 is 2.55 bits per heavy atom. The predicted molar refractivity (Wildman–Crippen MR) is 135 cm³/mol. The number of amides is 1. The third kappa shape index (κ3) is 6.55. The number of aliphatic imine (C=N–C) groups is 1. The number of halogens is 1. The number of hydrogen-bond donors (Lipinski definition) is 3. The second-order valence-electron chi connectivity index (χ2n) is 7.08. The number of primary amides is 1. The number of nitrogens with zero attached hydrogens (tertiary/aromatic N) is 3. The van der Waals surface area contributed by atoms with Crippen LogP contribution in [0.1, 0.15) is 39.8 Å². The number of carbonyl (C=O) groups excluding carboxylic acids is 1. The highest BCUT2D eigenvalue weighted by molar-refractivity contribution is 14.0. The summed E-state index contributed by atoms with van der Waals surface area (Å²) in [4.78, 5) is 16.0. The van der Waals surface area contributed by atoms with Crippen LogP contribution < -0.4 is 16.4 Å². The van der Waals surface area contributed by atoms with Crippen LogP contribution in [-0.4, -0.2) is 28.2 Å². The van der Waals surface area contributed by atoms with Gasteiger partial charge in [0.25, 0.3) is 0 Å². The van der Waals surface area contributed by atoms with Crippen molar-refractivity contribution in [3.05, 3.63) is 82.7 Å². The number of aryl methyl sites for hydroxylation is 2. The van der Waals surface area contributed by atoms with Crippen molar-refractivity contribution < 1.29 is 4.79 Å². The lowest BCUT2D eigenvalue weighted by Gasteiger charge is -2.15. The van der Waals surface area contributed by atoms with Gasteiger partial charge >= 0.3 is 0 Å². The van der Waals surface area contributed by atoms with E-state index in [1.165, 1.54) is 0 Å². The van der Waals surface area contributed by atoms with Crippen LogP contribution in [0.15, 0.2) is 59.6 Å². The molecular weight excluding hydrogens is 503 g/mol. The van der Waals surface area contributed by atoms with E-state index in [-0.39, 0.29) is 24.0 Å². The molecule has 2 aromatic carbocycles. The number of aromatic nitrogens is 2. The molecule has 0 saturated heterocycles. The van der Waals surface area contributed by atoms with Crippen LogP contribution >= 0.6 is 24.0 Å². The second-order valence-corrected chi connectivity index (χ2v) is 7.08. The lowest BCUT2D eigenvalue weighted by Crippen LogP contribution is -2.37. The maximum absolute atomic E-state index is 11.4. The first kappa shape index (κ1) is 24.4. The molecule has 3 rings (SSSR count). The number of benzene rings is 2. The molecule has 0 spiro atoms. The topological polar surface area (TPSA) is 97.3 Å². The molecular formula is C23H29IN6O. The fraction of sp³-hybridized carbons (Fsp3) is 0.261. The van der Waals surface area contributed by atoms with E-state index in [1.807, 2.05) is 42.8 Å². The molecule has 3 aromatic rings. The minimum Gasteiger partial charge on any atom is -0.366 e. The lowest BCUT2D eigenvalue weighted by molar-refractivity contribution is 0.1000. The van der Waals surface area contributed by atoms with E-state index in [4.69, 9.17) is 5.73 Å². The Kier molecular flexibility index (Phi) is 9.04. The van der Waals surface area contributed by atoms with Crippen LogP contribution in [-0.2, 0) is 13.1 Å². The van der Waals surface area contributed by atoms with Gasteiger partial charge in [-0.3, -0.25) is 4.79 Å². The van der Waals surface area contributed by atoms with E-state index >= 15 is 0 Å². The zero-order chi connectivity index (χ0) is 21.5. The van der Waals surface area contributed by atoms with Crippen LogP contribution in [0.3, 0.4) is 0 Å². The molecule has 0 aliphatic carbocycles. The van der Waals surface area contributed by atoms with Crippen molar-refractivity contribution in [2.24, 2.45) is 10.7 Å². The quantitative estimate of drug-likeness (QED) is 0.247. The summed E-state index contributed by atoms with van der Waals surface area (Å²) in [5, 5.41) is 11.3. The Labute approximate surface area is 200 Å². The van der Waals surface area contributed by atoms with E-state index in [2.05, 4.69) is 45.8 Å². The highest BCUT2D eigenvalue weighted by atomic mass is 127. The summed E-state index contributed by atoms with van der Waals surface area (Å²) in [5.41, 5.74) is 11.0. The molecule has 0 radical (unpaired) electrons. The molecule has 164 valence electrons. The van der Waals surface area contributed by atoms with E-state index in [9.17, 15) is 4.79 Å². The minimum atomic E-state index is -0.438. The smallest absolute Gasteiger partial charge is 0.248 e. The number of guanidine groups is 1. The summed E-state index contributed by atoms with van der Waals surface area (Å²) in [6.07, 6.45) is 0. The minimum absolute atomic E-state index is 0. The van der Waals surface area contributed by atoms with Crippen molar-refractivity contribution in [2.45, 2.75) is 33.9 Å². The Morgan fingerprint density at radius 2 is 1.87 bits per heavy atom. The van der Waals surface area contributed by atoms with Crippen molar-refractivity contribution in [3.63, 3.8) is 0 Å². The average molecular weight is 532 g/mol. The molecule has 0 aliphatic heterocycles. The summed E-state index contributed by atoms with van der Waals surface area (Å²) >= 11 is 0. The molecule has 0 fully saturated rings. The zero-order valence-corrected chi connectivity index (χ0v) is 20.4. The third-order valence-corrected chi connectivity index (χ3v) is 4.65. The van der Waals surface area contributed by atoms with Crippen LogP contribution in [0, 0.1) is 13.8 Å². The monoisotopic (exact) mass is 532 g/mol. The summed E-state index contributed by atoms with van der Waals surface area (Å²) in [6.45, 7) is 7.85. The Balaban J connectivity index is 0.00000341. The van der Waals surface area contributed by atoms with Gasteiger partial charge in [0.15, 0.2) is 5.96 Å². The molecule has 1 heterocycles. The van der Waals surface area contributed by atoms with E-state index in [0.29, 0.717) is 24.6 Å². The standard InChI is InChI=1S/C23H28N6O.HI/c1-4-25-23(26-14-18-8-7-10-19(13-18)22(24)30)27-15-20-9-5-6-11-21(20)29-17(3)12-16(2)28-29;/h5-13H,4,14-15H2,1-3H3,(H2,24,30)(H2,25,26,27);1H. The number of nitrogens with one attached hydrogen (secondary N) is 2. The SMILES string of the molecule is CCNC(=NCc1cccc(C(N)=O)c1)NCc1ccccc1-n1nc(C)cc1C.I. The molecule has 8 heteroatoms. The molecule has 0 bridgehead atoms. The third-order valence-electron chi connectivity index (χ3n) is 4.65. The van der Waals surface area contributed by atoms with Gasteiger partial charge in [-0.25, -0.2) is 9.67 Å². The van der Waals surface area contributed by atoms with E-state index in [0.717, 1.165) is 34.7 Å². The normalized spacial score (nSPS) is 11.0. The van der Waals surface area contributed by atoms with Gasteiger partial charge in [-0.05, 0) is 56.2 Å². The molecule has 7 nitrogen and oxygen atoms in total. The zero-order valence-electron chi connectivity index (χ0n) is 18.1. The Morgan fingerprint density at radius 1 is 1.10 bits per heavy atom. The number of nitrogens with two attached hydrogens (primary N) is 1. The maximum Gasteiger partial charge on any atom is 0.248 e. The van der Waals surface area contributed by atoms with Crippen LogP contribution in [0.5, 0.6) is 0 Å². The molecule has 0 atom stereocenters. The van der Waals surface area contributed by atoms with E-state index in [1.54, 1.807) is 12.1 Å². The lowest BCUT2D eigenvalue weighted by atomic mass is 10.1. The van der Waals surface area contributed by atoms with Gasteiger partial charge in [0, 0.05) is 24.3 Å². The largest absolute Gasteiger partial charge is 0.366 e. The van der Waals surface area contributed by atoms with Crippen LogP contribution in [0.2, 0.25) is 0 Å². The van der Waals surface area contributed by atoms with Gasteiger partial charge in [0.1, 0.15) is 0 Å². The van der Waals surface area contributed by atoms with Gasteiger partial charge in [-0.1, -0.05) is 30.3 Å².